The van der Waals surface area contributed by atoms with E-state index in [1.54, 1.807) is 13.0 Å². The number of amides is 1. The Balaban J connectivity index is 2.07. The van der Waals surface area contributed by atoms with E-state index in [-0.39, 0.29) is 17.4 Å². The van der Waals surface area contributed by atoms with Crippen LogP contribution < -0.4 is 10.2 Å². The average Bonchev–Trinajstić information content (AvgIpc) is 2.74. The SMILES string of the molecule is CCN(CC)c1ccc(C(=O)N[C@]2(C)CCS(=O)(=O)C2)cn1. The van der Waals surface area contributed by atoms with Gasteiger partial charge < -0.3 is 10.2 Å². The van der Waals surface area contributed by atoms with Crippen molar-refractivity contribution < 1.29 is 13.2 Å². The number of carbonyl (C=O) groups is 1. The van der Waals surface area contributed by atoms with Crippen molar-refractivity contribution in [3.63, 3.8) is 0 Å². The van der Waals surface area contributed by atoms with Crippen LogP contribution in [0.5, 0.6) is 0 Å². The topological polar surface area (TPSA) is 79.4 Å². The van der Waals surface area contributed by atoms with Crippen LogP contribution in [0.15, 0.2) is 18.3 Å². The third-order valence-corrected chi connectivity index (χ3v) is 5.92. The van der Waals surface area contributed by atoms with Crippen LogP contribution in [0.1, 0.15) is 37.6 Å². The fraction of sp³-hybridized carbons (Fsp3) is 0.600. The van der Waals surface area contributed by atoms with Crippen molar-refractivity contribution in [2.75, 3.05) is 29.5 Å². The molecule has 0 saturated carbocycles. The van der Waals surface area contributed by atoms with Gasteiger partial charge in [-0.15, -0.1) is 0 Å². The van der Waals surface area contributed by atoms with Crippen LogP contribution >= 0.6 is 0 Å². The summed E-state index contributed by atoms with van der Waals surface area (Å²) in [6.07, 6.45) is 1.99. The second-order valence-electron chi connectivity index (χ2n) is 5.93. The number of hydrogen-bond donors (Lipinski definition) is 1. The van der Waals surface area contributed by atoms with Crippen molar-refractivity contribution >= 4 is 21.6 Å². The smallest absolute Gasteiger partial charge is 0.253 e. The van der Waals surface area contributed by atoms with Gasteiger partial charge in [-0.1, -0.05) is 0 Å². The number of sulfone groups is 1. The maximum atomic E-state index is 12.3. The zero-order valence-corrected chi connectivity index (χ0v) is 14.1. The molecule has 1 saturated heterocycles. The Hall–Kier alpha value is -1.63. The van der Waals surface area contributed by atoms with Gasteiger partial charge in [-0.25, -0.2) is 13.4 Å². The number of pyridine rings is 1. The lowest BCUT2D eigenvalue weighted by Crippen LogP contribution is -2.46. The average molecular weight is 325 g/mol. The van der Waals surface area contributed by atoms with Gasteiger partial charge in [0, 0.05) is 19.3 Å². The molecule has 1 aliphatic heterocycles. The van der Waals surface area contributed by atoms with Crippen molar-refractivity contribution in [2.45, 2.75) is 32.7 Å². The number of nitrogens with one attached hydrogen (secondary N) is 1. The Kier molecular flexibility index (Phi) is 4.75. The second kappa shape index (κ2) is 6.24. The van der Waals surface area contributed by atoms with Crippen molar-refractivity contribution in [3.8, 4) is 0 Å². The summed E-state index contributed by atoms with van der Waals surface area (Å²) in [7, 11) is -3.04. The maximum absolute atomic E-state index is 12.3. The van der Waals surface area contributed by atoms with Crippen LogP contribution in [0.4, 0.5) is 5.82 Å². The number of nitrogens with zero attached hydrogens (tertiary/aromatic N) is 2. The van der Waals surface area contributed by atoms with Crippen LogP contribution in [0.25, 0.3) is 0 Å². The summed E-state index contributed by atoms with van der Waals surface area (Å²) in [6, 6.07) is 3.54. The van der Waals surface area contributed by atoms with Crippen molar-refractivity contribution in [1.82, 2.24) is 10.3 Å². The molecule has 1 atom stereocenters. The number of aromatic nitrogens is 1. The molecule has 1 N–H and O–H groups in total. The van der Waals surface area contributed by atoms with Crippen LogP contribution in [0, 0.1) is 0 Å². The van der Waals surface area contributed by atoms with Gasteiger partial charge in [-0.2, -0.15) is 0 Å². The highest BCUT2D eigenvalue weighted by Crippen LogP contribution is 2.23. The highest BCUT2D eigenvalue weighted by Gasteiger charge is 2.39. The molecule has 0 unspecified atom stereocenters. The lowest BCUT2D eigenvalue weighted by Gasteiger charge is -2.24. The molecule has 122 valence electrons. The van der Waals surface area contributed by atoms with E-state index in [0.29, 0.717) is 12.0 Å². The quantitative estimate of drug-likeness (QED) is 0.881. The Morgan fingerprint density at radius 2 is 2.05 bits per heavy atom. The lowest BCUT2D eigenvalue weighted by atomic mass is 10.0. The van der Waals surface area contributed by atoms with Gasteiger partial charge in [0.1, 0.15) is 5.82 Å². The molecule has 6 nitrogen and oxygen atoms in total. The first-order valence-electron chi connectivity index (χ1n) is 7.52. The van der Waals surface area contributed by atoms with E-state index in [1.807, 2.05) is 19.9 Å². The summed E-state index contributed by atoms with van der Waals surface area (Å²) in [5, 5.41) is 2.83. The number of hydrogen-bond acceptors (Lipinski definition) is 5. The van der Waals surface area contributed by atoms with E-state index >= 15 is 0 Å². The summed E-state index contributed by atoms with van der Waals surface area (Å²) in [6.45, 7) is 7.57. The fourth-order valence-corrected chi connectivity index (χ4v) is 4.80. The zero-order chi connectivity index (χ0) is 16.4. The third-order valence-electron chi connectivity index (χ3n) is 4.02. The minimum absolute atomic E-state index is 0.00327. The van der Waals surface area contributed by atoms with E-state index in [1.165, 1.54) is 6.20 Å². The summed E-state index contributed by atoms with van der Waals surface area (Å²) in [5.74, 6) is 0.675. The highest BCUT2D eigenvalue weighted by atomic mass is 32.2. The van der Waals surface area contributed by atoms with E-state index < -0.39 is 15.4 Å². The number of carbonyl (C=O) groups excluding carboxylic acids is 1. The number of anilines is 1. The third kappa shape index (κ3) is 3.76. The molecule has 1 amide bonds. The Morgan fingerprint density at radius 1 is 1.36 bits per heavy atom. The molecule has 2 rings (SSSR count). The first-order valence-corrected chi connectivity index (χ1v) is 9.34. The van der Waals surface area contributed by atoms with Gasteiger partial charge in [-0.05, 0) is 39.3 Å². The van der Waals surface area contributed by atoms with Crippen molar-refractivity contribution in [1.29, 1.82) is 0 Å². The van der Waals surface area contributed by atoms with Crippen LogP contribution in [-0.2, 0) is 9.84 Å². The Labute approximate surface area is 131 Å². The van der Waals surface area contributed by atoms with Crippen molar-refractivity contribution in [3.05, 3.63) is 23.9 Å². The molecule has 1 aromatic rings. The van der Waals surface area contributed by atoms with Gasteiger partial charge in [0.05, 0.1) is 22.6 Å². The van der Waals surface area contributed by atoms with E-state index in [4.69, 9.17) is 0 Å². The summed E-state index contributed by atoms with van der Waals surface area (Å²) in [4.78, 5) is 18.7. The molecular formula is C15H23N3O3S. The van der Waals surface area contributed by atoms with Crippen molar-refractivity contribution in [2.24, 2.45) is 0 Å². The van der Waals surface area contributed by atoms with Gasteiger partial charge in [0.25, 0.3) is 5.91 Å². The molecule has 1 aromatic heterocycles. The molecule has 22 heavy (non-hydrogen) atoms. The fourth-order valence-electron chi connectivity index (χ4n) is 2.71. The highest BCUT2D eigenvalue weighted by molar-refractivity contribution is 7.91. The van der Waals surface area contributed by atoms with Crippen LogP contribution in [0.2, 0.25) is 0 Å². The van der Waals surface area contributed by atoms with Gasteiger partial charge >= 0.3 is 0 Å². The normalized spacial score (nSPS) is 23.2. The van der Waals surface area contributed by atoms with E-state index in [9.17, 15) is 13.2 Å². The van der Waals surface area contributed by atoms with Gasteiger partial charge in [-0.3, -0.25) is 4.79 Å². The molecule has 1 aliphatic rings. The standard InChI is InChI=1S/C15H23N3O3S/c1-4-18(5-2)13-7-6-12(10-16-13)14(19)17-15(3)8-9-22(20,21)11-15/h6-7,10H,4-5,8-9,11H2,1-3H3,(H,17,19)/t15-/m1/s1. The van der Waals surface area contributed by atoms with Crippen LogP contribution in [0.3, 0.4) is 0 Å². The van der Waals surface area contributed by atoms with Gasteiger partial charge in [0.2, 0.25) is 0 Å². The minimum atomic E-state index is -3.04. The number of rotatable bonds is 5. The predicted octanol–water partition coefficient (Wildman–Crippen LogP) is 1.23. The second-order valence-corrected chi connectivity index (χ2v) is 8.12. The monoisotopic (exact) mass is 325 g/mol. The van der Waals surface area contributed by atoms with Gasteiger partial charge in [0.15, 0.2) is 9.84 Å². The Bertz CT molecular complexity index is 639. The zero-order valence-electron chi connectivity index (χ0n) is 13.3. The summed E-state index contributed by atoms with van der Waals surface area (Å²) >= 11 is 0. The molecular weight excluding hydrogens is 302 g/mol. The van der Waals surface area contributed by atoms with Crippen LogP contribution in [-0.4, -0.2) is 49.4 Å². The molecule has 1 fully saturated rings. The molecule has 2 heterocycles. The molecule has 0 aromatic carbocycles. The molecule has 0 radical (unpaired) electrons. The first-order chi connectivity index (χ1) is 10.3. The largest absolute Gasteiger partial charge is 0.357 e. The summed E-state index contributed by atoms with van der Waals surface area (Å²) in [5.41, 5.74) is -0.241. The van der Waals surface area contributed by atoms with E-state index in [0.717, 1.165) is 18.9 Å². The van der Waals surface area contributed by atoms with E-state index in [2.05, 4.69) is 15.2 Å². The molecule has 0 spiro atoms. The minimum Gasteiger partial charge on any atom is -0.357 e. The maximum Gasteiger partial charge on any atom is 0.253 e. The lowest BCUT2D eigenvalue weighted by molar-refractivity contribution is 0.0915. The molecule has 0 aliphatic carbocycles. The molecule has 7 heteroatoms. The summed E-state index contributed by atoms with van der Waals surface area (Å²) < 4.78 is 23.2. The molecule has 0 bridgehead atoms. The Morgan fingerprint density at radius 3 is 2.50 bits per heavy atom. The predicted molar refractivity (Wildman–Crippen MR) is 86.9 cm³/mol. The first kappa shape index (κ1) is 16.7.